The predicted molar refractivity (Wildman–Crippen MR) is 98.2 cm³/mol. The molecule has 128 valence electrons. The van der Waals surface area contributed by atoms with Crippen LogP contribution in [0.1, 0.15) is 64.2 Å². The van der Waals surface area contributed by atoms with Crippen molar-refractivity contribution in [3.8, 4) is 5.75 Å². The molecule has 0 spiro atoms. The molecule has 0 unspecified atom stereocenters. The van der Waals surface area contributed by atoms with Gasteiger partial charge >= 0.3 is 26.2 Å². The summed E-state index contributed by atoms with van der Waals surface area (Å²) in [5.74, 6) is 0.239. The van der Waals surface area contributed by atoms with Gasteiger partial charge in [0.2, 0.25) is 0 Å². The fourth-order valence-electron chi connectivity index (χ4n) is 2.89. The zero-order valence-corrected chi connectivity index (χ0v) is 17.0. The number of phenolic OH excluding ortho intramolecular Hbond substituents is 1. The Kier molecular flexibility index (Phi) is 12.1. The predicted octanol–water partition coefficient (Wildman–Crippen LogP) is 6.25. The van der Waals surface area contributed by atoms with Crippen molar-refractivity contribution in [3.05, 3.63) is 49.4 Å². The summed E-state index contributed by atoms with van der Waals surface area (Å²) in [6.07, 6.45) is 20.7. The van der Waals surface area contributed by atoms with Crippen molar-refractivity contribution in [2.24, 2.45) is 0 Å². The molecule has 2 fully saturated rings. The molecule has 24 heavy (non-hydrogen) atoms. The number of nitrogens with zero attached hydrogens (tertiary/aromatic N) is 1. The van der Waals surface area contributed by atoms with E-state index < -0.39 is 0 Å². The summed E-state index contributed by atoms with van der Waals surface area (Å²) in [6.45, 7) is 0. The number of para-hydroxylation sites is 1. The van der Waals surface area contributed by atoms with Crippen LogP contribution in [0.4, 0.5) is 0 Å². The van der Waals surface area contributed by atoms with Crippen LogP contribution in [0.3, 0.4) is 0 Å². The third-order valence-electron chi connectivity index (χ3n) is 4.24. The van der Waals surface area contributed by atoms with Gasteiger partial charge in [0.1, 0.15) is 11.3 Å². The minimum Gasteiger partial charge on any atom is -0.506 e. The van der Waals surface area contributed by atoms with Gasteiger partial charge in [-0.1, -0.05) is 56.7 Å². The molecule has 3 heteroatoms. The van der Waals surface area contributed by atoms with Crippen molar-refractivity contribution in [3.63, 3.8) is 0 Å². The Bertz CT molecular complexity index is 510. The number of benzene rings is 1. The van der Waals surface area contributed by atoms with Crippen LogP contribution in [0.2, 0.25) is 0 Å². The molecule has 0 amide bonds. The van der Waals surface area contributed by atoms with E-state index in [1.807, 2.05) is 18.2 Å². The van der Waals surface area contributed by atoms with E-state index >= 15 is 0 Å². The molecule has 0 bridgehead atoms. The second-order valence-corrected chi connectivity index (χ2v) is 6.21. The van der Waals surface area contributed by atoms with Crippen LogP contribution < -0.4 is 0 Å². The Morgan fingerprint density at radius 3 is 1.71 bits per heavy atom. The van der Waals surface area contributed by atoms with Gasteiger partial charge < -0.3 is 17.9 Å². The minimum atomic E-state index is 0. The molecule has 2 aliphatic rings. The molecule has 0 saturated heterocycles. The maximum atomic E-state index is 9.31. The van der Waals surface area contributed by atoms with Crippen molar-refractivity contribution in [2.45, 2.75) is 64.2 Å². The molecular weight excluding hydrogens is 373 g/mol. The molecule has 2 aliphatic carbocycles. The molecular formula is C21H29NOZr. The van der Waals surface area contributed by atoms with E-state index in [-0.39, 0.29) is 32.0 Å². The average Bonchev–Trinajstić information content (AvgIpc) is 2.66. The molecule has 0 radical (unpaired) electrons. The van der Waals surface area contributed by atoms with Gasteiger partial charge in [-0.3, -0.25) is 4.98 Å². The van der Waals surface area contributed by atoms with Gasteiger partial charge in [0.25, 0.3) is 0 Å². The van der Waals surface area contributed by atoms with E-state index in [0.717, 1.165) is 5.39 Å². The smallest absolute Gasteiger partial charge is 0.506 e. The molecule has 4 rings (SSSR count). The fourth-order valence-corrected chi connectivity index (χ4v) is 2.89. The van der Waals surface area contributed by atoms with Gasteiger partial charge in [-0.25, -0.2) is 0 Å². The normalized spacial score (nSPS) is 16.7. The molecule has 1 aromatic carbocycles. The van der Waals surface area contributed by atoms with E-state index in [0.29, 0.717) is 5.52 Å². The second kappa shape index (κ2) is 13.6. The van der Waals surface area contributed by atoms with Crippen LogP contribution in [-0.2, 0) is 26.2 Å². The Morgan fingerprint density at radius 2 is 1.29 bits per heavy atom. The van der Waals surface area contributed by atoms with Gasteiger partial charge in [-0.15, -0.1) is 0 Å². The van der Waals surface area contributed by atoms with Crippen LogP contribution in [0.5, 0.6) is 5.75 Å². The van der Waals surface area contributed by atoms with Crippen molar-refractivity contribution in [1.29, 1.82) is 0 Å². The summed E-state index contributed by atoms with van der Waals surface area (Å²) >= 11 is 0. The first kappa shape index (κ1) is 21.4. The summed E-state index contributed by atoms with van der Waals surface area (Å²) in [4.78, 5) is 4.03. The Labute approximate surface area is 166 Å². The van der Waals surface area contributed by atoms with Gasteiger partial charge in [-0.2, -0.15) is 25.7 Å². The molecule has 0 atom stereocenters. The van der Waals surface area contributed by atoms with E-state index in [9.17, 15) is 5.11 Å². The first-order valence-electron chi connectivity index (χ1n) is 9.04. The zero-order chi connectivity index (χ0) is 16.2. The average molecular weight is 403 g/mol. The molecule has 1 N–H and O–H groups in total. The summed E-state index contributed by atoms with van der Waals surface area (Å²) in [7, 11) is 0. The van der Waals surface area contributed by atoms with Crippen LogP contribution in [0.25, 0.3) is 10.9 Å². The molecule has 2 saturated carbocycles. The van der Waals surface area contributed by atoms with Crippen molar-refractivity contribution in [1.82, 2.24) is 4.98 Å². The summed E-state index contributed by atoms with van der Waals surface area (Å²) < 4.78 is 0. The molecule has 2 aromatic rings. The van der Waals surface area contributed by atoms with Gasteiger partial charge in [0, 0.05) is 11.6 Å². The Morgan fingerprint density at radius 1 is 0.750 bits per heavy atom. The van der Waals surface area contributed by atoms with E-state index in [1.165, 1.54) is 64.2 Å². The summed E-state index contributed by atoms with van der Waals surface area (Å²) in [5, 5.41) is 10.3. The van der Waals surface area contributed by atoms with Gasteiger partial charge in [0.05, 0.1) is 0 Å². The standard InChI is InChI=1S/C9H7NO.2C6H11.Zr/c11-8-5-1-3-7-4-2-6-10-9(7)8;2*1-2-4-6-5-3-1;/h1-6,11H;2*1H,2-6H2;/q;2*-1;+2. The fraction of sp³-hybridized carbons (Fsp3) is 0.476. The van der Waals surface area contributed by atoms with Crippen molar-refractivity contribution >= 4 is 10.9 Å². The largest absolute Gasteiger partial charge is 2.00 e. The first-order valence-corrected chi connectivity index (χ1v) is 9.04. The summed E-state index contributed by atoms with van der Waals surface area (Å²) in [6, 6.07) is 9.13. The Hall–Kier alpha value is -0.687. The quantitative estimate of drug-likeness (QED) is 0.528. The Balaban J connectivity index is 0.000000191. The number of hydrogen-bond acceptors (Lipinski definition) is 2. The first-order chi connectivity index (χ1) is 11.4. The summed E-state index contributed by atoms with van der Waals surface area (Å²) in [5.41, 5.74) is 0.662. The maximum absolute atomic E-state index is 9.31. The van der Waals surface area contributed by atoms with Crippen LogP contribution in [0, 0.1) is 12.8 Å². The number of rotatable bonds is 0. The maximum Gasteiger partial charge on any atom is 2.00 e. The molecule has 1 heterocycles. The number of hydrogen-bond donors (Lipinski definition) is 1. The third kappa shape index (κ3) is 8.42. The third-order valence-corrected chi connectivity index (χ3v) is 4.24. The zero-order valence-electron chi connectivity index (χ0n) is 14.6. The topological polar surface area (TPSA) is 33.1 Å². The number of aromatic hydroxyl groups is 1. The SMILES string of the molecule is Oc1cccc2cccnc12.[CH-]1CCCCC1.[CH-]1CCCCC1.[Zr+2]. The molecule has 0 aliphatic heterocycles. The van der Waals surface area contributed by atoms with E-state index in [1.54, 1.807) is 18.3 Å². The van der Waals surface area contributed by atoms with Gasteiger partial charge in [0.15, 0.2) is 0 Å². The van der Waals surface area contributed by atoms with Crippen molar-refractivity contribution in [2.75, 3.05) is 0 Å². The van der Waals surface area contributed by atoms with Crippen molar-refractivity contribution < 1.29 is 31.3 Å². The number of pyridine rings is 1. The number of fused-ring (bicyclic) bond motifs is 1. The van der Waals surface area contributed by atoms with Gasteiger partial charge in [-0.05, 0) is 12.1 Å². The second-order valence-electron chi connectivity index (χ2n) is 6.21. The van der Waals surface area contributed by atoms with Crippen LogP contribution in [0.15, 0.2) is 36.5 Å². The van der Waals surface area contributed by atoms with E-state index in [4.69, 9.17) is 0 Å². The monoisotopic (exact) mass is 401 g/mol. The number of aromatic nitrogens is 1. The van der Waals surface area contributed by atoms with Crippen LogP contribution >= 0.6 is 0 Å². The number of phenols is 1. The molecule has 1 aromatic heterocycles. The van der Waals surface area contributed by atoms with E-state index in [2.05, 4.69) is 17.8 Å². The van der Waals surface area contributed by atoms with Crippen LogP contribution in [-0.4, -0.2) is 10.1 Å². The molecule has 2 nitrogen and oxygen atoms in total. The minimum absolute atomic E-state index is 0.